The number of rotatable bonds is 2. The molecule has 0 spiro atoms. The van der Waals surface area contributed by atoms with Crippen molar-refractivity contribution in [1.29, 1.82) is 0 Å². The molecule has 0 saturated carbocycles. The molecule has 2 nitrogen and oxygen atoms in total. The van der Waals surface area contributed by atoms with E-state index < -0.39 is 5.97 Å². The maximum absolute atomic E-state index is 10.2. The SMILES string of the molecule is O=C(O)CC#CCc1cccc(Br)c1. The summed E-state index contributed by atoms with van der Waals surface area (Å²) in [6, 6.07) is 7.79. The minimum absolute atomic E-state index is 0.0893. The van der Waals surface area contributed by atoms with Gasteiger partial charge < -0.3 is 5.11 Å². The summed E-state index contributed by atoms with van der Waals surface area (Å²) in [4.78, 5) is 10.2. The molecule has 0 aromatic heterocycles. The molecule has 0 aliphatic carbocycles. The second-order valence-electron chi connectivity index (χ2n) is 2.73. The predicted molar refractivity (Wildman–Crippen MR) is 57.9 cm³/mol. The van der Waals surface area contributed by atoms with Crippen LogP contribution in [0, 0.1) is 11.8 Å². The molecule has 0 aliphatic heterocycles. The molecule has 0 bridgehead atoms. The van der Waals surface area contributed by atoms with Crippen molar-refractivity contribution in [2.24, 2.45) is 0 Å². The molecule has 1 rings (SSSR count). The number of carboxylic acids is 1. The first-order valence-corrected chi connectivity index (χ1v) is 4.90. The Bertz CT molecular complexity index is 388. The molecule has 0 amide bonds. The van der Waals surface area contributed by atoms with Crippen LogP contribution in [0.15, 0.2) is 28.7 Å². The van der Waals surface area contributed by atoms with Gasteiger partial charge in [0.05, 0.1) is 0 Å². The van der Waals surface area contributed by atoms with Gasteiger partial charge in [-0.2, -0.15) is 0 Å². The topological polar surface area (TPSA) is 37.3 Å². The van der Waals surface area contributed by atoms with Crippen LogP contribution in [0.3, 0.4) is 0 Å². The number of aliphatic carboxylic acids is 1. The van der Waals surface area contributed by atoms with Gasteiger partial charge in [-0.05, 0) is 17.7 Å². The molecule has 1 N–H and O–H groups in total. The fourth-order valence-corrected chi connectivity index (χ4v) is 1.40. The number of hydrogen-bond acceptors (Lipinski definition) is 1. The Morgan fingerprint density at radius 3 is 2.86 bits per heavy atom. The Balaban J connectivity index is 2.52. The number of carbonyl (C=O) groups is 1. The minimum atomic E-state index is -0.883. The second kappa shape index (κ2) is 5.46. The lowest BCUT2D eigenvalue weighted by Gasteiger charge is -1.94. The number of benzene rings is 1. The van der Waals surface area contributed by atoms with E-state index in [1.54, 1.807) is 0 Å². The van der Waals surface area contributed by atoms with Crippen LogP contribution in [0.5, 0.6) is 0 Å². The van der Waals surface area contributed by atoms with E-state index in [0.29, 0.717) is 6.42 Å². The highest BCUT2D eigenvalue weighted by Crippen LogP contribution is 2.11. The molecule has 72 valence electrons. The highest BCUT2D eigenvalue weighted by molar-refractivity contribution is 9.10. The molecule has 0 saturated heterocycles. The zero-order chi connectivity index (χ0) is 10.4. The highest BCUT2D eigenvalue weighted by Gasteiger charge is 1.91. The molecule has 3 heteroatoms. The molecule has 1 aromatic carbocycles. The monoisotopic (exact) mass is 252 g/mol. The third kappa shape index (κ3) is 4.11. The quantitative estimate of drug-likeness (QED) is 0.822. The fraction of sp³-hybridized carbons (Fsp3) is 0.182. The van der Waals surface area contributed by atoms with Gasteiger partial charge in [-0.25, -0.2) is 0 Å². The first kappa shape index (κ1) is 10.8. The van der Waals surface area contributed by atoms with E-state index in [4.69, 9.17) is 5.11 Å². The molecular formula is C11H9BrO2. The van der Waals surface area contributed by atoms with Crippen LogP contribution in [0.2, 0.25) is 0 Å². The lowest BCUT2D eigenvalue weighted by atomic mass is 10.1. The molecular weight excluding hydrogens is 244 g/mol. The Hall–Kier alpha value is -1.27. The molecule has 14 heavy (non-hydrogen) atoms. The van der Waals surface area contributed by atoms with Gasteiger partial charge in [-0.3, -0.25) is 4.79 Å². The fourth-order valence-electron chi connectivity index (χ4n) is 0.950. The van der Waals surface area contributed by atoms with E-state index in [9.17, 15) is 4.79 Å². The second-order valence-corrected chi connectivity index (χ2v) is 3.65. The van der Waals surface area contributed by atoms with E-state index >= 15 is 0 Å². The number of halogens is 1. The molecule has 0 unspecified atom stereocenters. The van der Waals surface area contributed by atoms with Gasteiger partial charge in [0, 0.05) is 10.9 Å². The van der Waals surface area contributed by atoms with Gasteiger partial charge in [0.25, 0.3) is 0 Å². The molecule has 0 atom stereocenters. The summed E-state index contributed by atoms with van der Waals surface area (Å²) in [5, 5.41) is 8.34. The molecule has 0 radical (unpaired) electrons. The van der Waals surface area contributed by atoms with Crippen molar-refractivity contribution in [2.75, 3.05) is 0 Å². The van der Waals surface area contributed by atoms with Crippen molar-refractivity contribution < 1.29 is 9.90 Å². The van der Waals surface area contributed by atoms with Gasteiger partial charge in [0.2, 0.25) is 0 Å². The average Bonchev–Trinajstić information content (AvgIpc) is 2.12. The summed E-state index contributed by atoms with van der Waals surface area (Å²) < 4.78 is 1.01. The summed E-state index contributed by atoms with van der Waals surface area (Å²) in [7, 11) is 0. The summed E-state index contributed by atoms with van der Waals surface area (Å²) in [6.07, 6.45) is 0.501. The van der Waals surface area contributed by atoms with Crippen molar-refractivity contribution >= 4 is 21.9 Å². The average molecular weight is 253 g/mol. The minimum Gasteiger partial charge on any atom is -0.481 e. The van der Waals surface area contributed by atoms with Crippen molar-refractivity contribution in [3.63, 3.8) is 0 Å². The summed E-state index contributed by atoms with van der Waals surface area (Å²) in [6.45, 7) is 0. The van der Waals surface area contributed by atoms with Crippen LogP contribution in [0.4, 0.5) is 0 Å². The van der Waals surface area contributed by atoms with Crippen LogP contribution in [0.25, 0.3) is 0 Å². The number of hydrogen-bond donors (Lipinski definition) is 1. The van der Waals surface area contributed by atoms with E-state index in [1.165, 1.54) is 0 Å². The molecule has 0 heterocycles. The Morgan fingerprint density at radius 1 is 1.43 bits per heavy atom. The normalized spacial score (nSPS) is 8.93. The smallest absolute Gasteiger partial charge is 0.315 e. The van der Waals surface area contributed by atoms with Gasteiger partial charge in [-0.15, -0.1) is 0 Å². The van der Waals surface area contributed by atoms with E-state index in [1.807, 2.05) is 24.3 Å². The first-order chi connectivity index (χ1) is 6.68. The Kier molecular flexibility index (Phi) is 4.21. The third-order valence-electron chi connectivity index (χ3n) is 1.55. The van der Waals surface area contributed by atoms with Gasteiger partial charge in [0.15, 0.2) is 0 Å². The van der Waals surface area contributed by atoms with E-state index in [-0.39, 0.29) is 6.42 Å². The summed E-state index contributed by atoms with van der Waals surface area (Å²) >= 11 is 3.35. The Labute approximate surface area is 91.1 Å². The zero-order valence-corrected chi connectivity index (χ0v) is 9.04. The molecule has 1 aromatic rings. The van der Waals surface area contributed by atoms with E-state index in [2.05, 4.69) is 27.8 Å². The third-order valence-corrected chi connectivity index (χ3v) is 2.04. The van der Waals surface area contributed by atoms with Gasteiger partial charge in [0.1, 0.15) is 6.42 Å². The van der Waals surface area contributed by atoms with Crippen LogP contribution >= 0.6 is 15.9 Å². The van der Waals surface area contributed by atoms with Crippen LogP contribution in [-0.4, -0.2) is 11.1 Å². The van der Waals surface area contributed by atoms with E-state index in [0.717, 1.165) is 10.0 Å². The predicted octanol–water partition coefficient (Wildman–Crippen LogP) is 2.47. The van der Waals surface area contributed by atoms with Crippen molar-refractivity contribution in [3.8, 4) is 11.8 Å². The van der Waals surface area contributed by atoms with Crippen molar-refractivity contribution in [2.45, 2.75) is 12.8 Å². The van der Waals surface area contributed by atoms with Crippen LogP contribution in [0.1, 0.15) is 12.0 Å². The summed E-state index contributed by atoms with van der Waals surface area (Å²) in [5.74, 6) is 4.51. The molecule has 0 fully saturated rings. The standard InChI is InChI=1S/C11H9BrO2/c12-10-6-3-5-9(8-10)4-1-2-7-11(13)14/h3,5-6,8H,4,7H2,(H,13,14). The van der Waals surface area contributed by atoms with Gasteiger partial charge >= 0.3 is 5.97 Å². The number of carboxylic acid groups (broad SMARTS) is 1. The maximum atomic E-state index is 10.2. The molecule has 0 aliphatic rings. The maximum Gasteiger partial charge on any atom is 0.315 e. The zero-order valence-electron chi connectivity index (χ0n) is 7.46. The lowest BCUT2D eigenvalue weighted by Crippen LogP contribution is -1.90. The highest BCUT2D eigenvalue weighted by atomic mass is 79.9. The first-order valence-electron chi connectivity index (χ1n) is 4.10. The van der Waals surface area contributed by atoms with Crippen LogP contribution in [-0.2, 0) is 11.2 Å². The Morgan fingerprint density at radius 2 is 2.21 bits per heavy atom. The lowest BCUT2D eigenvalue weighted by molar-refractivity contribution is -0.135. The summed E-state index contributed by atoms with van der Waals surface area (Å²) in [5.41, 5.74) is 1.08. The van der Waals surface area contributed by atoms with Crippen molar-refractivity contribution in [1.82, 2.24) is 0 Å². The van der Waals surface area contributed by atoms with Crippen molar-refractivity contribution in [3.05, 3.63) is 34.3 Å². The van der Waals surface area contributed by atoms with Gasteiger partial charge in [-0.1, -0.05) is 39.9 Å². The largest absolute Gasteiger partial charge is 0.481 e. The van der Waals surface area contributed by atoms with Crippen LogP contribution < -0.4 is 0 Å².